The number of Topliss-reactive ketones (excluding diaryl/α,β-unsaturated/α-hetero) is 1. The number of ketones is 1. The highest BCUT2D eigenvalue weighted by atomic mass is 16.1. The van der Waals surface area contributed by atoms with Gasteiger partial charge in [0.05, 0.1) is 0 Å². The maximum atomic E-state index is 12.3. The Labute approximate surface area is 114 Å². The maximum Gasteiger partial charge on any atom is 0.167 e. The second-order valence-corrected chi connectivity index (χ2v) is 5.23. The van der Waals surface area contributed by atoms with Crippen molar-refractivity contribution in [2.75, 3.05) is 0 Å². The van der Waals surface area contributed by atoms with Gasteiger partial charge in [0.2, 0.25) is 0 Å². The number of hydrogen-bond acceptors (Lipinski definition) is 2. The molecule has 2 heteroatoms. The summed E-state index contributed by atoms with van der Waals surface area (Å²) in [6.07, 6.45) is 0.438. The molecule has 0 spiro atoms. The zero-order valence-corrected chi connectivity index (χ0v) is 11.9. The molecule has 1 aromatic heterocycles. The molecule has 19 heavy (non-hydrogen) atoms. The Kier molecular flexibility index (Phi) is 3.79. The molecule has 0 bridgehead atoms. The van der Waals surface area contributed by atoms with Gasteiger partial charge in [0.1, 0.15) is 0 Å². The lowest BCUT2D eigenvalue weighted by Crippen LogP contribution is -2.05. The number of benzene rings is 1. The van der Waals surface area contributed by atoms with Gasteiger partial charge >= 0.3 is 0 Å². The van der Waals surface area contributed by atoms with E-state index in [1.54, 1.807) is 0 Å². The van der Waals surface area contributed by atoms with Gasteiger partial charge < -0.3 is 0 Å². The molecule has 0 saturated heterocycles. The van der Waals surface area contributed by atoms with Crippen LogP contribution in [0.4, 0.5) is 0 Å². The van der Waals surface area contributed by atoms with Crippen molar-refractivity contribution in [2.24, 2.45) is 0 Å². The van der Waals surface area contributed by atoms with Crippen LogP contribution in [0.2, 0.25) is 0 Å². The van der Waals surface area contributed by atoms with Crippen molar-refractivity contribution < 1.29 is 4.79 Å². The first-order valence-electron chi connectivity index (χ1n) is 6.50. The lowest BCUT2D eigenvalue weighted by molar-refractivity contribution is 0.0993. The van der Waals surface area contributed by atoms with Gasteiger partial charge in [-0.05, 0) is 57.5 Å². The quantitative estimate of drug-likeness (QED) is 0.780. The molecule has 0 atom stereocenters. The number of rotatable bonds is 3. The Hall–Kier alpha value is -1.96. The molecule has 0 amide bonds. The van der Waals surface area contributed by atoms with E-state index in [2.05, 4.69) is 11.1 Å². The second kappa shape index (κ2) is 5.35. The molecular weight excluding hydrogens is 234 g/mol. The number of aromatic nitrogens is 1. The molecule has 2 aromatic rings. The Morgan fingerprint density at radius 1 is 0.895 bits per heavy atom. The first kappa shape index (κ1) is 13.5. The summed E-state index contributed by atoms with van der Waals surface area (Å²) < 4.78 is 0. The van der Waals surface area contributed by atoms with Crippen LogP contribution in [-0.4, -0.2) is 10.8 Å². The van der Waals surface area contributed by atoms with Crippen LogP contribution in [0.1, 0.15) is 38.4 Å². The number of carbonyl (C=O) groups excluding carboxylic acids is 1. The van der Waals surface area contributed by atoms with Gasteiger partial charge in [-0.2, -0.15) is 0 Å². The number of carbonyl (C=O) groups is 1. The van der Waals surface area contributed by atoms with Crippen LogP contribution in [0.5, 0.6) is 0 Å². The average molecular weight is 253 g/mol. The van der Waals surface area contributed by atoms with E-state index in [0.29, 0.717) is 6.42 Å². The highest BCUT2D eigenvalue weighted by Gasteiger charge is 2.09. The summed E-state index contributed by atoms with van der Waals surface area (Å²) in [6.45, 7) is 7.95. The molecular formula is C17H19NO. The van der Waals surface area contributed by atoms with Gasteiger partial charge in [-0.1, -0.05) is 17.2 Å². The number of nitrogens with zero attached hydrogens (tertiary/aromatic N) is 1. The molecule has 0 aliphatic rings. The molecule has 0 radical (unpaired) electrons. The highest BCUT2D eigenvalue weighted by Crippen LogP contribution is 2.13. The number of aryl methyl sites for hydroxylation is 4. The van der Waals surface area contributed by atoms with E-state index in [1.807, 2.05) is 52.0 Å². The number of pyridine rings is 1. The summed E-state index contributed by atoms with van der Waals surface area (Å²) in [5.41, 5.74) is 6.01. The van der Waals surface area contributed by atoms with E-state index < -0.39 is 0 Å². The Morgan fingerprint density at radius 2 is 1.42 bits per heavy atom. The molecule has 2 nitrogen and oxygen atoms in total. The van der Waals surface area contributed by atoms with Crippen molar-refractivity contribution in [1.82, 2.24) is 4.98 Å². The molecule has 0 N–H and O–H groups in total. The third-order valence-electron chi connectivity index (χ3n) is 3.05. The van der Waals surface area contributed by atoms with Crippen molar-refractivity contribution in [3.8, 4) is 0 Å². The molecule has 0 aliphatic carbocycles. The molecule has 1 aromatic carbocycles. The smallest absolute Gasteiger partial charge is 0.167 e. The zero-order valence-electron chi connectivity index (χ0n) is 11.9. The molecule has 98 valence electrons. The van der Waals surface area contributed by atoms with Gasteiger partial charge in [-0.15, -0.1) is 0 Å². The summed E-state index contributed by atoms with van der Waals surface area (Å²) in [6, 6.07) is 9.95. The van der Waals surface area contributed by atoms with Gasteiger partial charge in [-0.3, -0.25) is 9.78 Å². The largest absolute Gasteiger partial charge is 0.294 e. The SMILES string of the molecule is Cc1cc(C)cc(C(=O)Cc2cc(C)nc(C)c2)c1. The molecule has 0 aliphatic heterocycles. The summed E-state index contributed by atoms with van der Waals surface area (Å²) in [4.78, 5) is 16.7. The predicted molar refractivity (Wildman–Crippen MR) is 77.7 cm³/mol. The van der Waals surface area contributed by atoms with Crippen molar-refractivity contribution in [3.63, 3.8) is 0 Å². The van der Waals surface area contributed by atoms with Crippen LogP contribution in [-0.2, 0) is 6.42 Å². The topological polar surface area (TPSA) is 30.0 Å². The zero-order chi connectivity index (χ0) is 14.0. The normalized spacial score (nSPS) is 10.5. The van der Waals surface area contributed by atoms with Crippen LogP contribution in [0.25, 0.3) is 0 Å². The van der Waals surface area contributed by atoms with Crippen molar-refractivity contribution in [3.05, 3.63) is 64.0 Å². The molecule has 0 unspecified atom stereocenters. The monoisotopic (exact) mass is 253 g/mol. The van der Waals surface area contributed by atoms with E-state index in [-0.39, 0.29) is 5.78 Å². The molecule has 0 fully saturated rings. The minimum Gasteiger partial charge on any atom is -0.294 e. The van der Waals surface area contributed by atoms with Gasteiger partial charge in [0.15, 0.2) is 5.78 Å². The van der Waals surface area contributed by atoms with Crippen molar-refractivity contribution in [2.45, 2.75) is 34.1 Å². The fourth-order valence-electron chi connectivity index (χ4n) is 2.45. The van der Waals surface area contributed by atoms with Crippen molar-refractivity contribution >= 4 is 5.78 Å². The number of hydrogen-bond donors (Lipinski definition) is 0. The first-order valence-corrected chi connectivity index (χ1v) is 6.50. The lowest BCUT2D eigenvalue weighted by Gasteiger charge is -2.06. The average Bonchev–Trinajstić information content (AvgIpc) is 2.25. The summed E-state index contributed by atoms with van der Waals surface area (Å²) in [7, 11) is 0. The van der Waals surface area contributed by atoms with Crippen LogP contribution in [0, 0.1) is 27.7 Å². The summed E-state index contributed by atoms with van der Waals surface area (Å²) in [5, 5.41) is 0. The maximum absolute atomic E-state index is 12.3. The summed E-state index contributed by atoms with van der Waals surface area (Å²) in [5.74, 6) is 0.164. The Balaban J connectivity index is 2.25. The second-order valence-electron chi connectivity index (χ2n) is 5.23. The summed E-state index contributed by atoms with van der Waals surface area (Å²) >= 11 is 0. The minimum absolute atomic E-state index is 0.164. The van der Waals surface area contributed by atoms with E-state index >= 15 is 0 Å². The van der Waals surface area contributed by atoms with Gasteiger partial charge in [0, 0.05) is 23.4 Å². The fourth-order valence-corrected chi connectivity index (χ4v) is 2.45. The van der Waals surface area contributed by atoms with Gasteiger partial charge in [-0.25, -0.2) is 0 Å². The van der Waals surface area contributed by atoms with Crippen LogP contribution in [0.15, 0.2) is 30.3 Å². The van der Waals surface area contributed by atoms with E-state index in [0.717, 1.165) is 33.6 Å². The third kappa shape index (κ3) is 3.50. The van der Waals surface area contributed by atoms with Gasteiger partial charge in [0.25, 0.3) is 0 Å². The molecule has 0 saturated carbocycles. The molecule has 1 heterocycles. The molecule has 2 rings (SSSR count). The Morgan fingerprint density at radius 3 is 1.95 bits per heavy atom. The minimum atomic E-state index is 0.164. The third-order valence-corrected chi connectivity index (χ3v) is 3.05. The van der Waals surface area contributed by atoms with Crippen molar-refractivity contribution in [1.29, 1.82) is 0 Å². The van der Waals surface area contributed by atoms with Crippen LogP contribution < -0.4 is 0 Å². The standard InChI is InChI=1S/C17H19NO/c1-11-5-12(2)7-16(6-11)17(19)10-15-8-13(3)18-14(4)9-15/h5-9H,10H2,1-4H3. The lowest BCUT2D eigenvalue weighted by atomic mass is 9.99. The predicted octanol–water partition coefficient (Wildman–Crippen LogP) is 3.74. The fraction of sp³-hybridized carbons (Fsp3) is 0.294. The van der Waals surface area contributed by atoms with Crippen LogP contribution in [0.3, 0.4) is 0 Å². The van der Waals surface area contributed by atoms with E-state index in [4.69, 9.17) is 0 Å². The highest BCUT2D eigenvalue weighted by molar-refractivity contribution is 5.97. The van der Waals surface area contributed by atoms with Crippen LogP contribution >= 0.6 is 0 Å². The van der Waals surface area contributed by atoms with E-state index in [9.17, 15) is 4.79 Å². The first-order chi connectivity index (χ1) is 8.94. The Bertz CT molecular complexity index is 589. The van der Waals surface area contributed by atoms with E-state index in [1.165, 1.54) is 0 Å².